The number of hydrogen-bond donors (Lipinski definition) is 0. The highest BCUT2D eigenvalue weighted by Crippen LogP contribution is 2.36. The first-order valence-corrected chi connectivity index (χ1v) is 3.73. The Morgan fingerprint density at radius 1 is 1.73 bits per heavy atom. The van der Waals surface area contributed by atoms with E-state index in [1.54, 1.807) is 0 Å². The van der Waals surface area contributed by atoms with Gasteiger partial charge < -0.3 is 0 Å². The molecule has 1 saturated carbocycles. The third-order valence-corrected chi connectivity index (χ3v) is 2.20. The van der Waals surface area contributed by atoms with Gasteiger partial charge in [-0.3, -0.25) is 0 Å². The van der Waals surface area contributed by atoms with Gasteiger partial charge in [0.2, 0.25) is 6.08 Å². The normalized spacial score (nSPS) is 35.8. The summed E-state index contributed by atoms with van der Waals surface area (Å²) in [5.41, 5.74) is -0.735. The molecule has 0 aromatic rings. The quantitative estimate of drug-likeness (QED) is 0.419. The minimum absolute atomic E-state index is 0.506. The van der Waals surface area contributed by atoms with E-state index in [1.165, 1.54) is 6.08 Å². The zero-order chi connectivity index (χ0) is 8.32. The minimum Gasteiger partial charge on any atom is -0.211 e. The Balaban J connectivity index is 2.80. The second-order valence-electron chi connectivity index (χ2n) is 3.19. The lowest BCUT2D eigenvalue weighted by Crippen LogP contribution is -2.18. The van der Waals surface area contributed by atoms with Crippen molar-refractivity contribution in [3.05, 3.63) is 0 Å². The smallest absolute Gasteiger partial charge is 0.211 e. The Hall–Kier alpha value is -1.13. The number of aliphatic imine (C=N–C) groups is 1. The SMILES string of the molecule is CC1CCC(C#N)(N=C=O)C1. The molecular weight excluding hydrogens is 140 g/mol. The molecule has 0 N–H and O–H groups in total. The highest BCUT2D eigenvalue weighted by atomic mass is 16.1. The zero-order valence-electron chi connectivity index (χ0n) is 6.50. The van der Waals surface area contributed by atoms with E-state index in [0.29, 0.717) is 18.8 Å². The van der Waals surface area contributed by atoms with E-state index >= 15 is 0 Å². The van der Waals surface area contributed by atoms with Gasteiger partial charge in [-0.25, -0.2) is 4.79 Å². The maximum absolute atomic E-state index is 9.99. The van der Waals surface area contributed by atoms with Crippen molar-refractivity contribution in [2.24, 2.45) is 10.9 Å². The molecule has 3 heteroatoms. The Bertz CT molecular complexity index is 237. The van der Waals surface area contributed by atoms with Gasteiger partial charge >= 0.3 is 0 Å². The molecule has 58 valence electrons. The van der Waals surface area contributed by atoms with Crippen LogP contribution >= 0.6 is 0 Å². The summed E-state index contributed by atoms with van der Waals surface area (Å²) in [6.45, 7) is 2.07. The molecule has 1 rings (SSSR count). The fourth-order valence-corrected chi connectivity index (χ4v) is 1.58. The van der Waals surface area contributed by atoms with Crippen LogP contribution in [0.1, 0.15) is 26.2 Å². The highest BCUT2D eigenvalue weighted by molar-refractivity contribution is 5.37. The summed E-state index contributed by atoms with van der Waals surface area (Å²) in [6, 6.07) is 2.08. The summed E-state index contributed by atoms with van der Waals surface area (Å²) in [7, 11) is 0. The molecule has 1 aliphatic carbocycles. The minimum atomic E-state index is -0.735. The zero-order valence-corrected chi connectivity index (χ0v) is 6.50. The van der Waals surface area contributed by atoms with Crippen molar-refractivity contribution in [1.82, 2.24) is 0 Å². The molecule has 1 aliphatic rings. The standard InChI is InChI=1S/C8H10N2O/c1-7-2-3-8(4-7,5-9)10-6-11/h7H,2-4H2,1H3. The van der Waals surface area contributed by atoms with Crippen LogP contribution in [0, 0.1) is 17.2 Å². The number of isocyanates is 1. The van der Waals surface area contributed by atoms with E-state index in [1.807, 2.05) is 0 Å². The molecule has 0 radical (unpaired) electrons. The second-order valence-corrected chi connectivity index (χ2v) is 3.19. The van der Waals surface area contributed by atoms with Crippen molar-refractivity contribution in [3.8, 4) is 6.07 Å². The number of rotatable bonds is 1. The van der Waals surface area contributed by atoms with Crippen molar-refractivity contribution >= 4 is 6.08 Å². The van der Waals surface area contributed by atoms with Gasteiger partial charge in [-0.2, -0.15) is 10.3 Å². The first-order valence-electron chi connectivity index (χ1n) is 3.73. The van der Waals surface area contributed by atoms with Crippen molar-refractivity contribution in [3.63, 3.8) is 0 Å². The first kappa shape index (κ1) is 7.97. The molecule has 0 aromatic carbocycles. The second kappa shape index (κ2) is 2.86. The van der Waals surface area contributed by atoms with Crippen LogP contribution in [0.5, 0.6) is 0 Å². The Labute approximate surface area is 65.7 Å². The molecule has 0 amide bonds. The van der Waals surface area contributed by atoms with Gasteiger partial charge in [-0.15, -0.1) is 0 Å². The molecule has 2 unspecified atom stereocenters. The fraction of sp³-hybridized carbons (Fsp3) is 0.750. The van der Waals surface area contributed by atoms with Crippen molar-refractivity contribution in [2.45, 2.75) is 31.7 Å². The maximum Gasteiger partial charge on any atom is 0.236 e. The average molecular weight is 150 g/mol. The van der Waals surface area contributed by atoms with Gasteiger partial charge in [0.15, 0.2) is 5.54 Å². The van der Waals surface area contributed by atoms with Crippen LogP contribution in [0.4, 0.5) is 0 Å². The van der Waals surface area contributed by atoms with E-state index in [9.17, 15) is 4.79 Å². The topological polar surface area (TPSA) is 53.2 Å². The van der Waals surface area contributed by atoms with Gasteiger partial charge in [0.05, 0.1) is 6.07 Å². The van der Waals surface area contributed by atoms with Crippen LogP contribution in [-0.2, 0) is 4.79 Å². The van der Waals surface area contributed by atoms with E-state index in [4.69, 9.17) is 5.26 Å². The predicted molar refractivity (Wildman–Crippen MR) is 39.5 cm³/mol. The van der Waals surface area contributed by atoms with E-state index < -0.39 is 5.54 Å². The van der Waals surface area contributed by atoms with Crippen molar-refractivity contribution in [1.29, 1.82) is 5.26 Å². The number of nitrogens with zero attached hydrogens (tertiary/aromatic N) is 2. The molecule has 1 fully saturated rings. The summed E-state index contributed by atoms with van der Waals surface area (Å²) < 4.78 is 0. The third-order valence-electron chi connectivity index (χ3n) is 2.20. The van der Waals surface area contributed by atoms with Crippen LogP contribution in [0.15, 0.2) is 4.99 Å². The Morgan fingerprint density at radius 3 is 2.82 bits per heavy atom. The monoisotopic (exact) mass is 150 g/mol. The first-order chi connectivity index (χ1) is 5.22. The van der Waals surface area contributed by atoms with E-state index in [2.05, 4.69) is 18.0 Å². The summed E-state index contributed by atoms with van der Waals surface area (Å²) in [4.78, 5) is 13.5. The van der Waals surface area contributed by atoms with Crippen LogP contribution < -0.4 is 0 Å². The summed E-state index contributed by atoms with van der Waals surface area (Å²) in [6.07, 6.45) is 3.87. The van der Waals surface area contributed by atoms with Crippen molar-refractivity contribution in [2.75, 3.05) is 0 Å². The van der Waals surface area contributed by atoms with Gasteiger partial charge in [0, 0.05) is 0 Å². The lowest BCUT2D eigenvalue weighted by molar-refractivity contribution is 0.511. The molecule has 0 heterocycles. The molecule has 3 nitrogen and oxygen atoms in total. The summed E-state index contributed by atoms with van der Waals surface area (Å²) in [5.74, 6) is 0.506. The Morgan fingerprint density at radius 2 is 2.45 bits per heavy atom. The number of hydrogen-bond acceptors (Lipinski definition) is 3. The summed E-state index contributed by atoms with van der Waals surface area (Å²) in [5, 5.41) is 8.74. The van der Waals surface area contributed by atoms with Crippen LogP contribution in [0.25, 0.3) is 0 Å². The highest BCUT2D eigenvalue weighted by Gasteiger charge is 2.37. The largest absolute Gasteiger partial charge is 0.236 e. The lowest BCUT2D eigenvalue weighted by atomic mass is 10.00. The van der Waals surface area contributed by atoms with Crippen molar-refractivity contribution < 1.29 is 4.79 Å². The molecule has 0 aromatic heterocycles. The van der Waals surface area contributed by atoms with Crippen LogP contribution in [0.2, 0.25) is 0 Å². The molecule has 2 atom stereocenters. The number of nitriles is 1. The van der Waals surface area contributed by atoms with Gasteiger partial charge in [-0.1, -0.05) is 6.92 Å². The summed E-state index contributed by atoms with van der Waals surface area (Å²) >= 11 is 0. The molecule has 0 bridgehead atoms. The third kappa shape index (κ3) is 1.47. The van der Waals surface area contributed by atoms with E-state index in [0.717, 1.165) is 6.42 Å². The molecule has 11 heavy (non-hydrogen) atoms. The van der Waals surface area contributed by atoms with Gasteiger partial charge in [0.1, 0.15) is 0 Å². The van der Waals surface area contributed by atoms with Crippen LogP contribution in [0.3, 0.4) is 0 Å². The van der Waals surface area contributed by atoms with Crippen LogP contribution in [-0.4, -0.2) is 11.6 Å². The van der Waals surface area contributed by atoms with E-state index in [-0.39, 0.29) is 0 Å². The fourth-order valence-electron chi connectivity index (χ4n) is 1.58. The lowest BCUT2D eigenvalue weighted by Gasteiger charge is -2.10. The molecular formula is C8H10N2O. The molecule has 0 saturated heterocycles. The molecule has 0 aliphatic heterocycles. The molecule has 0 spiro atoms. The Kier molecular flexibility index (Phi) is 2.07. The van der Waals surface area contributed by atoms with Gasteiger partial charge in [-0.05, 0) is 25.2 Å². The van der Waals surface area contributed by atoms with Gasteiger partial charge in [0.25, 0.3) is 0 Å². The average Bonchev–Trinajstić information content (AvgIpc) is 2.34. The number of carbonyl (C=O) groups excluding carboxylic acids is 1. The maximum atomic E-state index is 9.99. The predicted octanol–water partition coefficient (Wildman–Crippen LogP) is 1.40.